The maximum Gasteiger partial charge on any atom is 0.119 e. The molecule has 100 valence electrons. The monoisotopic (exact) mass is 246 g/mol. The Morgan fingerprint density at radius 3 is 2.56 bits per heavy atom. The van der Waals surface area contributed by atoms with Crippen LogP contribution in [0.1, 0.15) is 52.4 Å². The summed E-state index contributed by atoms with van der Waals surface area (Å²) in [6.07, 6.45) is 12.0. The predicted molar refractivity (Wildman–Crippen MR) is 79.0 cm³/mol. The van der Waals surface area contributed by atoms with Crippen molar-refractivity contribution in [2.24, 2.45) is 0 Å². The SMILES string of the molecule is CC=CCC(CCCCCC)Oc1ccccc1. The van der Waals surface area contributed by atoms with Crippen LogP contribution in [0.3, 0.4) is 0 Å². The normalized spacial score (nSPS) is 12.8. The van der Waals surface area contributed by atoms with Crippen molar-refractivity contribution in [2.45, 2.75) is 58.5 Å². The Hall–Kier alpha value is -1.24. The van der Waals surface area contributed by atoms with E-state index in [0.29, 0.717) is 6.10 Å². The van der Waals surface area contributed by atoms with Crippen molar-refractivity contribution in [3.63, 3.8) is 0 Å². The number of rotatable bonds is 9. The van der Waals surface area contributed by atoms with Crippen LogP contribution in [0.15, 0.2) is 42.5 Å². The first-order chi connectivity index (χ1) is 8.86. The van der Waals surface area contributed by atoms with Gasteiger partial charge in [0.15, 0.2) is 0 Å². The molecule has 0 saturated heterocycles. The first-order valence-corrected chi connectivity index (χ1v) is 7.19. The van der Waals surface area contributed by atoms with Crippen molar-refractivity contribution in [1.82, 2.24) is 0 Å². The van der Waals surface area contributed by atoms with Crippen LogP contribution in [0.25, 0.3) is 0 Å². The molecule has 1 aromatic carbocycles. The molecule has 0 radical (unpaired) electrons. The zero-order valence-corrected chi connectivity index (χ0v) is 11.8. The van der Waals surface area contributed by atoms with E-state index in [9.17, 15) is 0 Å². The van der Waals surface area contributed by atoms with Crippen LogP contribution < -0.4 is 4.74 Å². The van der Waals surface area contributed by atoms with Crippen molar-refractivity contribution >= 4 is 0 Å². The van der Waals surface area contributed by atoms with Gasteiger partial charge in [0, 0.05) is 6.42 Å². The molecule has 0 heterocycles. The van der Waals surface area contributed by atoms with E-state index in [1.54, 1.807) is 0 Å². The topological polar surface area (TPSA) is 9.23 Å². The first-order valence-electron chi connectivity index (χ1n) is 7.19. The minimum absolute atomic E-state index is 0.320. The summed E-state index contributed by atoms with van der Waals surface area (Å²) < 4.78 is 6.05. The first kappa shape index (κ1) is 14.8. The summed E-state index contributed by atoms with van der Waals surface area (Å²) >= 11 is 0. The summed E-state index contributed by atoms with van der Waals surface area (Å²) in [5.74, 6) is 0.988. The highest BCUT2D eigenvalue weighted by Gasteiger charge is 2.08. The predicted octanol–water partition coefficient (Wildman–Crippen LogP) is 5.37. The van der Waals surface area contributed by atoms with E-state index < -0.39 is 0 Å². The minimum Gasteiger partial charge on any atom is -0.490 e. The van der Waals surface area contributed by atoms with Crippen molar-refractivity contribution in [2.75, 3.05) is 0 Å². The molecule has 1 aromatic rings. The Labute approximate surface area is 112 Å². The summed E-state index contributed by atoms with van der Waals surface area (Å²) in [5, 5.41) is 0. The highest BCUT2D eigenvalue weighted by Crippen LogP contribution is 2.17. The highest BCUT2D eigenvalue weighted by molar-refractivity contribution is 5.21. The Bertz CT molecular complexity index is 316. The third kappa shape index (κ3) is 6.48. The van der Waals surface area contributed by atoms with Gasteiger partial charge in [0.1, 0.15) is 11.9 Å². The molecule has 0 saturated carbocycles. The van der Waals surface area contributed by atoms with Gasteiger partial charge in [-0.2, -0.15) is 0 Å². The molecule has 0 N–H and O–H groups in total. The van der Waals surface area contributed by atoms with Crippen LogP contribution in [-0.4, -0.2) is 6.10 Å². The molecule has 0 amide bonds. The number of hydrogen-bond donors (Lipinski definition) is 0. The van der Waals surface area contributed by atoms with Gasteiger partial charge in [-0.25, -0.2) is 0 Å². The van der Waals surface area contributed by atoms with E-state index in [4.69, 9.17) is 4.74 Å². The summed E-state index contributed by atoms with van der Waals surface area (Å²) in [6, 6.07) is 10.1. The lowest BCUT2D eigenvalue weighted by Crippen LogP contribution is -2.15. The lowest BCUT2D eigenvalue weighted by molar-refractivity contribution is 0.190. The molecular formula is C17H26O. The van der Waals surface area contributed by atoms with E-state index in [-0.39, 0.29) is 0 Å². The standard InChI is InChI=1S/C17H26O/c1-3-5-7-9-13-16(12-6-4-2)18-17-14-10-8-11-15-17/h4,6,8,10-11,14-16H,3,5,7,9,12-13H2,1-2H3. The van der Waals surface area contributed by atoms with Crippen LogP contribution in [0.2, 0.25) is 0 Å². The van der Waals surface area contributed by atoms with Crippen molar-refractivity contribution in [1.29, 1.82) is 0 Å². The molecule has 1 unspecified atom stereocenters. The van der Waals surface area contributed by atoms with E-state index >= 15 is 0 Å². The van der Waals surface area contributed by atoms with Gasteiger partial charge in [0.05, 0.1) is 0 Å². The average molecular weight is 246 g/mol. The summed E-state index contributed by atoms with van der Waals surface area (Å²) in [5.41, 5.74) is 0. The summed E-state index contributed by atoms with van der Waals surface area (Å²) in [7, 11) is 0. The number of unbranched alkanes of at least 4 members (excludes halogenated alkanes) is 3. The smallest absolute Gasteiger partial charge is 0.119 e. The molecule has 0 aromatic heterocycles. The number of allylic oxidation sites excluding steroid dienone is 1. The zero-order valence-electron chi connectivity index (χ0n) is 11.8. The van der Waals surface area contributed by atoms with Gasteiger partial charge < -0.3 is 4.74 Å². The molecule has 0 bridgehead atoms. The second-order valence-corrected chi connectivity index (χ2v) is 4.71. The fraction of sp³-hybridized carbons (Fsp3) is 0.529. The fourth-order valence-corrected chi connectivity index (χ4v) is 2.00. The van der Waals surface area contributed by atoms with Crippen LogP contribution >= 0.6 is 0 Å². The van der Waals surface area contributed by atoms with Gasteiger partial charge in [0.2, 0.25) is 0 Å². The number of ether oxygens (including phenoxy) is 1. The molecule has 18 heavy (non-hydrogen) atoms. The Morgan fingerprint density at radius 2 is 1.89 bits per heavy atom. The molecule has 0 aliphatic heterocycles. The lowest BCUT2D eigenvalue weighted by Gasteiger charge is -2.17. The molecule has 0 aliphatic carbocycles. The zero-order chi connectivity index (χ0) is 13.1. The average Bonchev–Trinajstić information content (AvgIpc) is 2.41. The Kier molecular flexibility index (Phi) is 8.03. The summed E-state index contributed by atoms with van der Waals surface area (Å²) in [6.45, 7) is 4.31. The van der Waals surface area contributed by atoms with E-state index in [2.05, 4.69) is 26.0 Å². The maximum absolute atomic E-state index is 6.05. The number of hydrogen-bond acceptors (Lipinski definition) is 1. The maximum atomic E-state index is 6.05. The second kappa shape index (κ2) is 9.76. The lowest BCUT2D eigenvalue weighted by atomic mass is 10.1. The van der Waals surface area contributed by atoms with Crippen molar-refractivity contribution in [3.8, 4) is 5.75 Å². The molecule has 1 nitrogen and oxygen atoms in total. The highest BCUT2D eigenvalue weighted by atomic mass is 16.5. The van der Waals surface area contributed by atoms with E-state index in [1.807, 2.05) is 30.3 Å². The minimum atomic E-state index is 0.320. The van der Waals surface area contributed by atoms with Crippen LogP contribution in [-0.2, 0) is 0 Å². The van der Waals surface area contributed by atoms with Gasteiger partial charge in [-0.05, 0) is 31.9 Å². The molecule has 0 spiro atoms. The summed E-state index contributed by atoms with van der Waals surface area (Å²) in [4.78, 5) is 0. The van der Waals surface area contributed by atoms with Gasteiger partial charge in [0.25, 0.3) is 0 Å². The second-order valence-electron chi connectivity index (χ2n) is 4.71. The molecular weight excluding hydrogens is 220 g/mol. The number of benzene rings is 1. The van der Waals surface area contributed by atoms with Crippen LogP contribution in [0, 0.1) is 0 Å². The number of para-hydroxylation sites is 1. The van der Waals surface area contributed by atoms with Crippen LogP contribution in [0.4, 0.5) is 0 Å². The van der Waals surface area contributed by atoms with Crippen molar-refractivity contribution in [3.05, 3.63) is 42.5 Å². The van der Waals surface area contributed by atoms with E-state index in [0.717, 1.165) is 18.6 Å². The fourth-order valence-electron chi connectivity index (χ4n) is 2.00. The van der Waals surface area contributed by atoms with Gasteiger partial charge in [-0.1, -0.05) is 56.5 Å². The van der Waals surface area contributed by atoms with Gasteiger partial charge in [-0.15, -0.1) is 0 Å². The molecule has 1 atom stereocenters. The quantitative estimate of drug-likeness (QED) is 0.420. The van der Waals surface area contributed by atoms with Gasteiger partial charge >= 0.3 is 0 Å². The van der Waals surface area contributed by atoms with Crippen LogP contribution in [0.5, 0.6) is 5.75 Å². The Balaban J connectivity index is 2.39. The molecule has 1 heteroatoms. The van der Waals surface area contributed by atoms with Gasteiger partial charge in [-0.3, -0.25) is 0 Å². The largest absolute Gasteiger partial charge is 0.490 e. The third-order valence-electron chi connectivity index (χ3n) is 3.06. The third-order valence-corrected chi connectivity index (χ3v) is 3.06. The molecule has 0 fully saturated rings. The molecule has 0 aliphatic rings. The Morgan fingerprint density at radius 1 is 1.11 bits per heavy atom. The van der Waals surface area contributed by atoms with E-state index in [1.165, 1.54) is 25.7 Å². The molecule has 1 rings (SSSR count). The van der Waals surface area contributed by atoms with Crippen molar-refractivity contribution < 1.29 is 4.74 Å².